The van der Waals surface area contributed by atoms with Crippen molar-refractivity contribution in [1.29, 1.82) is 0 Å². The van der Waals surface area contributed by atoms with E-state index in [1.165, 1.54) is 23.4 Å². The van der Waals surface area contributed by atoms with Gasteiger partial charge >= 0.3 is 12.1 Å². The van der Waals surface area contributed by atoms with Gasteiger partial charge in [0.1, 0.15) is 18.4 Å². The summed E-state index contributed by atoms with van der Waals surface area (Å²) in [6.45, 7) is 1.40. The highest BCUT2D eigenvalue weighted by Crippen LogP contribution is 2.25. The summed E-state index contributed by atoms with van der Waals surface area (Å²) in [5.41, 5.74) is 1.71. The van der Waals surface area contributed by atoms with Crippen molar-refractivity contribution in [3.8, 4) is 0 Å². The first-order valence-corrected chi connectivity index (χ1v) is 9.69. The molecule has 3 heterocycles. The average molecular weight is 427 g/mol. The number of carbonyl (C=O) groups excluding carboxylic acids is 3. The lowest BCUT2D eigenvalue weighted by Gasteiger charge is -2.27. The number of morpholine rings is 1. The number of benzene rings is 1. The Balaban J connectivity index is 1.30. The number of rotatable bonds is 5. The van der Waals surface area contributed by atoms with Gasteiger partial charge in [-0.2, -0.15) is 4.73 Å². The highest BCUT2D eigenvalue weighted by molar-refractivity contribution is 5.95. The van der Waals surface area contributed by atoms with Gasteiger partial charge in [0.05, 0.1) is 19.7 Å². The van der Waals surface area contributed by atoms with Gasteiger partial charge in [-0.1, -0.05) is 0 Å². The molecule has 2 aromatic rings. The van der Waals surface area contributed by atoms with E-state index in [2.05, 4.69) is 10.6 Å². The van der Waals surface area contributed by atoms with Crippen LogP contribution in [0.2, 0.25) is 0 Å². The molecule has 1 atom stereocenters. The molecule has 4 amide bonds. The smallest absolute Gasteiger partial charge is 0.414 e. The zero-order valence-electron chi connectivity index (χ0n) is 16.5. The summed E-state index contributed by atoms with van der Waals surface area (Å²) >= 11 is 0. The fourth-order valence-corrected chi connectivity index (χ4v) is 3.35. The predicted octanol–water partition coefficient (Wildman–Crippen LogP) is 0.830. The van der Waals surface area contributed by atoms with Crippen LogP contribution in [0.5, 0.6) is 0 Å². The van der Waals surface area contributed by atoms with Crippen LogP contribution < -0.4 is 25.2 Å². The van der Waals surface area contributed by atoms with E-state index in [4.69, 9.17) is 9.47 Å². The fourth-order valence-electron chi connectivity index (χ4n) is 3.35. The maximum absolute atomic E-state index is 12.3. The van der Waals surface area contributed by atoms with Gasteiger partial charge in [0.15, 0.2) is 6.20 Å². The van der Waals surface area contributed by atoms with Gasteiger partial charge in [-0.25, -0.2) is 9.59 Å². The number of ether oxygens (including phenoxy) is 2. The summed E-state index contributed by atoms with van der Waals surface area (Å²) in [5, 5.41) is 16.4. The fraction of sp³-hybridized carbons (Fsp3) is 0.300. The number of anilines is 3. The zero-order valence-corrected chi connectivity index (χ0v) is 16.5. The number of cyclic esters (lactones) is 1. The first kappa shape index (κ1) is 20.4. The van der Waals surface area contributed by atoms with Crippen LogP contribution in [-0.4, -0.2) is 57.0 Å². The number of pyridine rings is 1. The second kappa shape index (κ2) is 8.88. The molecule has 2 N–H and O–H groups in total. The van der Waals surface area contributed by atoms with Crippen molar-refractivity contribution >= 4 is 35.1 Å². The van der Waals surface area contributed by atoms with E-state index in [9.17, 15) is 19.6 Å². The van der Waals surface area contributed by atoms with Gasteiger partial charge in [-0.05, 0) is 30.3 Å². The maximum Gasteiger partial charge on any atom is 0.414 e. The third kappa shape index (κ3) is 4.83. The largest absolute Gasteiger partial charge is 0.619 e. The number of nitrogens with zero attached hydrogens (tertiary/aromatic N) is 3. The van der Waals surface area contributed by atoms with Crippen LogP contribution >= 0.6 is 0 Å². The van der Waals surface area contributed by atoms with Crippen molar-refractivity contribution in [1.82, 2.24) is 5.32 Å². The van der Waals surface area contributed by atoms with E-state index in [0.29, 0.717) is 29.3 Å². The van der Waals surface area contributed by atoms with Gasteiger partial charge in [-0.3, -0.25) is 9.69 Å². The monoisotopic (exact) mass is 427 g/mol. The molecular formula is C20H21N5O6. The Labute approximate surface area is 177 Å². The second-order valence-corrected chi connectivity index (χ2v) is 7.02. The van der Waals surface area contributed by atoms with Crippen LogP contribution in [0.4, 0.5) is 26.7 Å². The Morgan fingerprint density at radius 3 is 2.61 bits per heavy atom. The normalized spacial score (nSPS) is 18.6. The molecular weight excluding hydrogens is 406 g/mol. The molecule has 1 aromatic carbocycles. The van der Waals surface area contributed by atoms with Crippen LogP contribution in [0.3, 0.4) is 0 Å². The van der Waals surface area contributed by atoms with Crippen LogP contribution in [0, 0.1) is 5.21 Å². The molecule has 0 saturated carbocycles. The zero-order chi connectivity index (χ0) is 21.8. The Kier molecular flexibility index (Phi) is 5.85. The molecule has 1 aromatic heterocycles. The third-order valence-corrected chi connectivity index (χ3v) is 4.86. The van der Waals surface area contributed by atoms with E-state index in [-0.39, 0.29) is 25.6 Å². The summed E-state index contributed by atoms with van der Waals surface area (Å²) < 4.78 is 11.0. The number of carbonyl (C=O) groups is 3. The van der Waals surface area contributed by atoms with Crippen LogP contribution in [0.25, 0.3) is 0 Å². The third-order valence-electron chi connectivity index (χ3n) is 4.86. The lowest BCUT2D eigenvalue weighted by Crippen LogP contribution is -2.41. The second-order valence-electron chi connectivity index (χ2n) is 7.02. The van der Waals surface area contributed by atoms with Gasteiger partial charge < -0.3 is 30.2 Å². The van der Waals surface area contributed by atoms with Crippen molar-refractivity contribution in [2.24, 2.45) is 0 Å². The summed E-state index contributed by atoms with van der Waals surface area (Å²) in [7, 11) is 0. The van der Waals surface area contributed by atoms with Gasteiger partial charge in [0.2, 0.25) is 6.20 Å². The summed E-state index contributed by atoms with van der Waals surface area (Å²) in [6.07, 6.45) is 1.49. The highest BCUT2D eigenvalue weighted by Gasteiger charge is 2.32. The van der Waals surface area contributed by atoms with Crippen molar-refractivity contribution in [2.45, 2.75) is 6.10 Å². The molecule has 11 nitrogen and oxygen atoms in total. The van der Waals surface area contributed by atoms with E-state index in [1.807, 2.05) is 0 Å². The number of hydrogen-bond donors (Lipinski definition) is 2. The number of aromatic nitrogens is 1. The minimum absolute atomic E-state index is 0.0591. The minimum atomic E-state index is -0.529. The van der Waals surface area contributed by atoms with Gasteiger partial charge in [0, 0.05) is 24.0 Å². The van der Waals surface area contributed by atoms with Crippen LogP contribution in [0.1, 0.15) is 0 Å². The van der Waals surface area contributed by atoms with Gasteiger partial charge in [-0.15, -0.1) is 0 Å². The number of amides is 4. The molecule has 0 radical (unpaired) electrons. The molecule has 31 heavy (non-hydrogen) atoms. The molecule has 4 rings (SSSR count). The van der Waals surface area contributed by atoms with Gasteiger partial charge in [0.25, 0.3) is 5.91 Å². The summed E-state index contributed by atoms with van der Waals surface area (Å²) in [5.74, 6) is -0.107. The Hall–Kier alpha value is -3.86. The Morgan fingerprint density at radius 2 is 1.90 bits per heavy atom. The average Bonchev–Trinajstić information content (AvgIpc) is 3.13. The minimum Gasteiger partial charge on any atom is -0.619 e. The Morgan fingerprint density at radius 1 is 1.16 bits per heavy atom. The molecule has 162 valence electrons. The maximum atomic E-state index is 12.3. The molecule has 0 bridgehead atoms. The highest BCUT2D eigenvalue weighted by atomic mass is 16.6. The molecule has 0 unspecified atom stereocenters. The first-order chi connectivity index (χ1) is 15.0. The van der Waals surface area contributed by atoms with Crippen molar-refractivity contribution in [3.63, 3.8) is 0 Å². The molecule has 2 aliphatic rings. The van der Waals surface area contributed by atoms with Crippen molar-refractivity contribution < 1.29 is 28.6 Å². The molecule has 2 fully saturated rings. The van der Waals surface area contributed by atoms with Crippen LogP contribution in [0.15, 0.2) is 48.8 Å². The van der Waals surface area contributed by atoms with Crippen LogP contribution in [-0.2, 0) is 14.3 Å². The van der Waals surface area contributed by atoms with E-state index in [1.54, 1.807) is 35.2 Å². The molecule has 0 aliphatic carbocycles. The van der Waals surface area contributed by atoms with Crippen molar-refractivity contribution in [2.75, 3.05) is 48.0 Å². The number of hydrogen-bond acceptors (Lipinski definition) is 6. The van der Waals surface area contributed by atoms with E-state index in [0.717, 1.165) is 5.69 Å². The topological polar surface area (TPSA) is 127 Å². The molecule has 2 saturated heterocycles. The standard InChI is InChI=1S/C20H21N5O6/c26-18-13-30-9-8-24(18)15-3-5-16(6-4-15)25-12-17(31-20(25)28)10-21-19(27)22-14-2-1-7-23(29)11-14/h1-7,11,17H,8-10,12-13H2,(H2,21,22,27)/t17-/m0/s1. The predicted molar refractivity (Wildman–Crippen MR) is 110 cm³/mol. The number of urea groups is 1. The summed E-state index contributed by atoms with van der Waals surface area (Å²) in [6, 6.07) is 9.62. The molecule has 0 spiro atoms. The molecule has 11 heteroatoms. The SMILES string of the molecule is O=C(NC[C@H]1CN(c2ccc(N3CCOCC3=O)cc2)C(=O)O1)Nc1ccc[n+]([O-])c1. The number of nitrogens with one attached hydrogen (secondary N) is 2. The quantitative estimate of drug-likeness (QED) is 0.538. The lowest BCUT2D eigenvalue weighted by atomic mass is 10.2. The van der Waals surface area contributed by atoms with E-state index < -0.39 is 18.2 Å². The Bertz CT molecular complexity index is 982. The first-order valence-electron chi connectivity index (χ1n) is 9.69. The van der Waals surface area contributed by atoms with Crippen molar-refractivity contribution in [3.05, 3.63) is 54.0 Å². The molecule has 2 aliphatic heterocycles. The van der Waals surface area contributed by atoms with E-state index >= 15 is 0 Å². The summed E-state index contributed by atoms with van der Waals surface area (Å²) in [4.78, 5) is 39.3. The lowest BCUT2D eigenvalue weighted by molar-refractivity contribution is -0.604.